The maximum absolute atomic E-state index is 13.9. The highest BCUT2D eigenvalue weighted by Gasteiger charge is 2.27. The van der Waals surface area contributed by atoms with Crippen LogP contribution in [0.2, 0.25) is 5.02 Å². The van der Waals surface area contributed by atoms with E-state index < -0.39 is 5.82 Å². The molecule has 1 amide bonds. The molecule has 2 aliphatic rings. The summed E-state index contributed by atoms with van der Waals surface area (Å²) < 4.78 is 25.4. The lowest BCUT2D eigenvalue weighted by Gasteiger charge is -2.30. The zero-order chi connectivity index (χ0) is 22.7. The number of methoxy groups -OCH3 is 1. The molecule has 170 valence electrons. The van der Waals surface area contributed by atoms with Crippen LogP contribution in [0.4, 0.5) is 10.1 Å². The topological polar surface area (TPSA) is 42.0 Å². The predicted molar refractivity (Wildman–Crippen MR) is 125 cm³/mol. The molecule has 0 spiro atoms. The van der Waals surface area contributed by atoms with E-state index in [1.165, 1.54) is 25.0 Å². The fourth-order valence-electron chi connectivity index (χ4n) is 4.14. The second-order valence-corrected chi connectivity index (χ2v) is 8.78. The molecular formula is C25H28ClFN2O3. The van der Waals surface area contributed by atoms with Gasteiger partial charge in [0.25, 0.3) is 5.91 Å². The van der Waals surface area contributed by atoms with Gasteiger partial charge in [0.2, 0.25) is 0 Å². The van der Waals surface area contributed by atoms with E-state index >= 15 is 0 Å². The Morgan fingerprint density at radius 2 is 1.91 bits per heavy atom. The van der Waals surface area contributed by atoms with Crippen molar-refractivity contribution in [1.82, 2.24) is 4.90 Å². The first-order chi connectivity index (χ1) is 15.5. The molecule has 4 rings (SSSR count). The molecule has 0 radical (unpaired) electrons. The summed E-state index contributed by atoms with van der Waals surface area (Å²) in [5.74, 6) is 1.30. The molecule has 0 saturated carbocycles. The summed E-state index contributed by atoms with van der Waals surface area (Å²) in [6, 6.07) is 9.87. The second kappa shape index (κ2) is 9.92. The third-order valence-corrected chi connectivity index (χ3v) is 6.49. The van der Waals surface area contributed by atoms with Crippen LogP contribution in [-0.2, 0) is 4.79 Å². The van der Waals surface area contributed by atoms with Crippen molar-refractivity contribution in [3.63, 3.8) is 0 Å². The fourth-order valence-corrected chi connectivity index (χ4v) is 4.26. The Hall–Kier alpha value is -2.57. The molecular weight excluding hydrogens is 431 g/mol. The van der Waals surface area contributed by atoms with E-state index in [0.29, 0.717) is 41.5 Å². The molecule has 2 aromatic rings. The van der Waals surface area contributed by atoms with Crippen molar-refractivity contribution in [3.05, 3.63) is 58.9 Å². The Kier molecular flexibility index (Phi) is 7.01. The Morgan fingerprint density at radius 1 is 1.12 bits per heavy atom. The second-order valence-electron chi connectivity index (χ2n) is 8.37. The lowest BCUT2D eigenvalue weighted by Crippen LogP contribution is -2.35. The minimum absolute atomic E-state index is 0.0349. The van der Waals surface area contributed by atoms with Gasteiger partial charge in [0.15, 0.2) is 11.5 Å². The third kappa shape index (κ3) is 4.92. The zero-order valence-electron chi connectivity index (χ0n) is 18.4. The van der Waals surface area contributed by atoms with E-state index in [1.54, 1.807) is 30.2 Å². The maximum atomic E-state index is 13.9. The molecule has 0 bridgehead atoms. The Bertz CT molecular complexity index is 1020. The highest BCUT2D eigenvalue weighted by atomic mass is 35.5. The normalized spacial score (nSPS) is 17.6. The van der Waals surface area contributed by atoms with Crippen molar-refractivity contribution in [3.8, 4) is 11.5 Å². The number of benzene rings is 2. The number of nitrogens with zero attached hydrogens (tertiary/aromatic N) is 2. The molecule has 2 aliphatic heterocycles. The number of piperidine rings is 1. The molecule has 0 unspecified atom stereocenters. The van der Waals surface area contributed by atoms with Crippen molar-refractivity contribution >= 4 is 28.8 Å². The smallest absolute Gasteiger partial charge is 0.258 e. The summed E-state index contributed by atoms with van der Waals surface area (Å²) in [7, 11) is 1.60. The highest BCUT2D eigenvalue weighted by molar-refractivity contribution is 6.31. The Labute approximate surface area is 193 Å². The standard InChI is InChI=1S/C25H28ClFN2O3/c1-17-7-10-28(11-8-17)13-14-32-24-16-19(4-6-23(24)31-2)29-12-9-20(25(29)30)18-3-5-21(26)22(27)15-18/h3-6,9,15-17H,7-8,10-14H2,1-2H3. The van der Waals surface area contributed by atoms with E-state index in [-0.39, 0.29) is 10.9 Å². The monoisotopic (exact) mass is 458 g/mol. The van der Waals surface area contributed by atoms with Gasteiger partial charge >= 0.3 is 0 Å². The van der Waals surface area contributed by atoms with Gasteiger partial charge in [0.1, 0.15) is 12.4 Å². The zero-order valence-corrected chi connectivity index (χ0v) is 19.2. The first-order valence-electron chi connectivity index (χ1n) is 11.0. The number of hydrogen-bond acceptors (Lipinski definition) is 4. The van der Waals surface area contributed by atoms with E-state index in [1.807, 2.05) is 12.1 Å². The van der Waals surface area contributed by atoms with Crippen LogP contribution in [0.1, 0.15) is 25.3 Å². The van der Waals surface area contributed by atoms with Crippen LogP contribution in [0.25, 0.3) is 5.57 Å². The molecule has 2 heterocycles. The fraction of sp³-hybridized carbons (Fsp3) is 0.400. The van der Waals surface area contributed by atoms with E-state index in [9.17, 15) is 9.18 Å². The average Bonchev–Trinajstić information content (AvgIpc) is 3.18. The average molecular weight is 459 g/mol. The van der Waals surface area contributed by atoms with Crippen molar-refractivity contribution in [2.24, 2.45) is 5.92 Å². The molecule has 0 atom stereocenters. The molecule has 0 N–H and O–H groups in total. The SMILES string of the molecule is COc1ccc(N2CC=C(c3ccc(Cl)c(F)c3)C2=O)cc1OCCN1CCC(C)CC1. The quantitative estimate of drug-likeness (QED) is 0.583. The van der Waals surface area contributed by atoms with Gasteiger partial charge in [0, 0.05) is 30.4 Å². The van der Waals surface area contributed by atoms with Gasteiger partial charge in [-0.05, 0) is 61.7 Å². The lowest BCUT2D eigenvalue weighted by molar-refractivity contribution is -0.112. The number of rotatable bonds is 7. The van der Waals surface area contributed by atoms with Gasteiger partial charge in [-0.15, -0.1) is 0 Å². The van der Waals surface area contributed by atoms with Gasteiger partial charge in [-0.2, -0.15) is 0 Å². The number of carbonyl (C=O) groups is 1. The summed E-state index contributed by atoms with van der Waals surface area (Å²) in [4.78, 5) is 17.1. The first kappa shape index (κ1) is 22.6. The van der Waals surface area contributed by atoms with Crippen molar-refractivity contribution in [2.45, 2.75) is 19.8 Å². The lowest BCUT2D eigenvalue weighted by atomic mass is 9.99. The van der Waals surface area contributed by atoms with Crippen LogP contribution < -0.4 is 14.4 Å². The number of carbonyl (C=O) groups excluding carboxylic acids is 1. The predicted octanol–water partition coefficient (Wildman–Crippen LogP) is 5.03. The molecule has 0 aromatic heterocycles. The van der Waals surface area contributed by atoms with E-state index in [4.69, 9.17) is 21.1 Å². The maximum Gasteiger partial charge on any atom is 0.258 e. The molecule has 2 aromatic carbocycles. The van der Waals surface area contributed by atoms with Crippen LogP contribution >= 0.6 is 11.6 Å². The highest BCUT2D eigenvalue weighted by Crippen LogP contribution is 2.35. The third-order valence-electron chi connectivity index (χ3n) is 6.18. The number of anilines is 1. The summed E-state index contributed by atoms with van der Waals surface area (Å²) in [5, 5.41) is 0.0349. The molecule has 32 heavy (non-hydrogen) atoms. The molecule has 0 aliphatic carbocycles. The van der Waals surface area contributed by atoms with E-state index in [2.05, 4.69) is 11.8 Å². The van der Waals surface area contributed by atoms with Crippen LogP contribution in [0.5, 0.6) is 11.5 Å². The Balaban J connectivity index is 1.44. The van der Waals surface area contributed by atoms with Crippen LogP contribution in [0.3, 0.4) is 0 Å². The van der Waals surface area contributed by atoms with Crippen LogP contribution in [0, 0.1) is 11.7 Å². The largest absolute Gasteiger partial charge is 0.493 e. The van der Waals surface area contributed by atoms with Crippen molar-refractivity contribution in [2.75, 3.05) is 44.8 Å². The number of amides is 1. The minimum Gasteiger partial charge on any atom is -0.493 e. The summed E-state index contributed by atoms with van der Waals surface area (Å²) >= 11 is 5.77. The number of hydrogen-bond donors (Lipinski definition) is 0. The van der Waals surface area contributed by atoms with E-state index in [0.717, 1.165) is 25.6 Å². The van der Waals surface area contributed by atoms with Crippen LogP contribution in [-0.4, -0.2) is 50.7 Å². The first-order valence-corrected chi connectivity index (χ1v) is 11.3. The number of halogens is 2. The summed E-state index contributed by atoms with van der Waals surface area (Å²) in [5.41, 5.74) is 1.68. The number of likely N-dealkylation sites (tertiary alicyclic amines) is 1. The van der Waals surface area contributed by atoms with Gasteiger partial charge in [-0.1, -0.05) is 30.7 Å². The molecule has 5 nitrogen and oxygen atoms in total. The van der Waals surface area contributed by atoms with Crippen molar-refractivity contribution in [1.29, 1.82) is 0 Å². The van der Waals surface area contributed by atoms with Gasteiger partial charge in [0.05, 0.1) is 12.1 Å². The molecule has 1 fully saturated rings. The van der Waals surface area contributed by atoms with Crippen molar-refractivity contribution < 1.29 is 18.7 Å². The van der Waals surface area contributed by atoms with Gasteiger partial charge < -0.3 is 14.4 Å². The molecule has 7 heteroatoms. The summed E-state index contributed by atoms with van der Waals surface area (Å²) in [6.07, 6.45) is 4.25. The Morgan fingerprint density at radius 3 is 2.62 bits per heavy atom. The van der Waals surface area contributed by atoms with Gasteiger partial charge in [-0.25, -0.2) is 4.39 Å². The summed E-state index contributed by atoms with van der Waals surface area (Å²) in [6.45, 7) is 6.31. The minimum atomic E-state index is -0.542. The van der Waals surface area contributed by atoms with Gasteiger partial charge in [-0.3, -0.25) is 9.69 Å². The van der Waals surface area contributed by atoms with Crippen LogP contribution in [0.15, 0.2) is 42.5 Å². The number of ether oxygens (including phenoxy) is 2. The molecule has 1 saturated heterocycles.